The maximum Gasteiger partial charge on any atom is 0.455 e. The molecule has 0 saturated heterocycles. The zero-order valence-electron chi connectivity index (χ0n) is 10.3. The maximum absolute atomic E-state index is 12.5. The van der Waals surface area contributed by atoms with E-state index in [1.807, 2.05) is 0 Å². The van der Waals surface area contributed by atoms with E-state index >= 15 is 0 Å². The molecule has 6 heteroatoms. The van der Waals surface area contributed by atoms with Gasteiger partial charge in [0.25, 0.3) is 5.78 Å². The van der Waals surface area contributed by atoms with E-state index in [-0.39, 0.29) is 17.3 Å². The van der Waals surface area contributed by atoms with Gasteiger partial charge in [0, 0.05) is 5.69 Å². The summed E-state index contributed by atoms with van der Waals surface area (Å²) < 4.78 is 39.1. The molecular weight excluding hydrogens is 245 g/mol. The Balaban J connectivity index is 2.41. The van der Waals surface area contributed by atoms with E-state index in [0.717, 1.165) is 25.7 Å². The van der Waals surface area contributed by atoms with Crippen molar-refractivity contribution in [1.29, 1.82) is 0 Å². The minimum Gasteiger partial charge on any atom is -0.284 e. The molecule has 3 nitrogen and oxygen atoms in total. The molecule has 18 heavy (non-hydrogen) atoms. The second-order valence-corrected chi connectivity index (χ2v) is 4.76. The van der Waals surface area contributed by atoms with Gasteiger partial charge in [-0.15, -0.1) is 0 Å². The number of carbonyl (C=O) groups is 1. The highest BCUT2D eigenvalue weighted by atomic mass is 19.4. The largest absolute Gasteiger partial charge is 0.455 e. The van der Waals surface area contributed by atoms with Crippen LogP contribution in [0.4, 0.5) is 13.2 Å². The fourth-order valence-corrected chi connectivity index (χ4v) is 2.64. The quantitative estimate of drug-likeness (QED) is 0.764. The smallest absolute Gasteiger partial charge is 0.284 e. The highest BCUT2D eigenvalue weighted by molar-refractivity contribution is 6.02. The van der Waals surface area contributed by atoms with Crippen LogP contribution in [0, 0.1) is 13.8 Å². The molecule has 0 N–H and O–H groups in total. The van der Waals surface area contributed by atoms with Crippen molar-refractivity contribution in [3.8, 4) is 0 Å². The first-order valence-corrected chi connectivity index (χ1v) is 5.99. The molecular formula is C12H15F3N2O. The number of hydrogen-bond donors (Lipinski definition) is 0. The third-order valence-corrected chi connectivity index (χ3v) is 3.48. The summed E-state index contributed by atoms with van der Waals surface area (Å²) in [6, 6.07) is 0.137. The van der Waals surface area contributed by atoms with Gasteiger partial charge in [-0.25, -0.2) is 0 Å². The van der Waals surface area contributed by atoms with Crippen LogP contribution in [-0.2, 0) is 0 Å². The lowest BCUT2D eigenvalue weighted by Gasteiger charge is -2.12. The number of Topliss-reactive ketones (excluding diaryl/α,β-unsaturated/α-hetero) is 1. The maximum atomic E-state index is 12.5. The van der Waals surface area contributed by atoms with Crippen LogP contribution in [0.2, 0.25) is 0 Å². The molecule has 0 bridgehead atoms. The number of halogens is 3. The number of ketones is 1. The van der Waals surface area contributed by atoms with Gasteiger partial charge < -0.3 is 0 Å². The van der Waals surface area contributed by atoms with Gasteiger partial charge >= 0.3 is 6.18 Å². The SMILES string of the molecule is Cc1nn(C2CCCC2)c(C)c1C(=O)C(F)(F)F. The third kappa shape index (κ3) is 2.15. The molecule has 1 aromatic rings. The molecule has 0 aliphatic heterocycles. The van der Waals surface area contributed by atoms with Crippen LogP contribution in [0.25, 0.3) is 0 Å². The average molecular weight is 260 g/mol. The van der Waals surface area contributed by atoms with Gasteiger partial charge in [0.2, 0.25) is 0 Å². The van der Waals surface area contributed by atoms with E-state index in [0.29, 0.717) is 5.69 Å². The standard InChI is InChI=1S/C12H15F3N2O/c1-7-10(11(18)12(13,14)15)8(2)17(16-7)9-5-3-4-6-9/h9H,3-6H2,1-2H3. The van der Waals surface area contributed by atoms with E-state index in [9.17, 15) is 18.0 Å². The van der Waals surface area contributed by atoms with Crippen molar-refractivity contribution in [3.05, 3.63) is 17.0 Å². The molecule has 1 heterocycles. The lowest BCUT2D eigenvalue weighted by atomic mass is 10.1. The molecule has 0 amide bonds. The van der Waals surface area contributed by atoms with Crippen molar-refractivity contribution in [2.45, 2.75) is 51.7 Å². The van der Waals surface area contributed by atoms with Gasteiger partial charge in [-0.1, -0.05) is 12.8 Å². The average Bonchev–Trinajstić information content (AvgIpc) is 2.85. The summed E-state index contributed by atoms with van der Waals surface area (Å²) in [5, 5.41) is 4.12. The van der Waals surface area contributed by atoms with Crippen LogP contribution in [0.1, 0.15) is 53.5 Å². The van der Waals surface area contributed by atoms with Crippen molar-refractivity contribution >= 4 is 5.78 Å². The summed E-state index contributed by atoms with van der Waals surface area (Å²) in [5.41, 5.74) is 0.220. The molecule has 0 spiro atoms. The normalized spacial score (nSPS) is 17.4. The van der Waals surface area contributed by atoms with Crippen LogP contribution in [-0.4, -0.2) is 21.7 Å². The number of rotatable bonds is 2. The minimum absolute atomic E-state index is 0.137. The van der Waals surface area contributed by atoms with Gasteiger partial charge in [0.15, 0.2) is 0 Å². The number of nitrogens with zero attached hydrogens (tertiary/aromatic N) is 2. The summed E-state index contributed by atoms with van der Waals surface area (Å²) in [7, 11) is 0. The Morgan fingerprint density at radius 1 is 1.28 bits per heavy atom. The highest BCUT2D eigenvalue weighted by Crippen LogP contribution is 2.33. The predicted octanol–water partition coefficient (Wildman–Crippen LogP) is 3.36. The van der Waals surface area contributed by atoms with Crippen molar-refractivity contribution in [2.75, 3.05) is 0 Å². The van der Waals surface area contributed by atoms with Crippen molar-refractivity contribution in [3.63, 3.8) is 0 Å². The minimum atomic E-state index is -4.83. The number of carbonyl (C=O) groups excluding carboxylic acids is 1. The number of aryl methyl sites for hydroxylation is 1. The van der Waals surface area contributed by atoms with Gasteiger partial charge in [-0.3, -0.25) is 9.48 Å². The molecule has 0 radical (unpaired) electrons. The molecule has 0 unspecified atom stereocenters. The molecule has 0 aromatic carbocycles. The summed E-state index contributed by atoms with van der Waals surface area (Å²) in [6.07, 6.45) is -0.876. The fourth-order valence-electron chi connectivity index (χ4n) is 2.64. The second kappa shape index (κ2) is 4.40. The van der Waals surface area contributed by atoms with Gasteiger partial charge in [0.1, 0.15) is 0 Å². The van der Waals surface area contributed by atoms with Crippen molar-refractivity contribution < 1.29 is 18.0 Å². The van der Waals surface area contributed by atoms with Crippen LogP contribution < -0.4 is 0 Å². The Morgan fingerprint density at radius 3 is 2.33 bits per heavy atom. The first-order chi connectivity index (χ1) is 8.32. The number of alkyl halides is 3. The van der Waals surface area contributed by atoms with Crippen molar-refractivity contribution in [1.82, 2.24) is 9.78 Å². The van der Waals surface area contributed by atoms with E-state index in [1.54, 1.807) is 4.68 Å². The third-order valence-electron chi connectivity index (χ3n) is 3.48. The summed E-state index contributed by atoms with van der Waals surface area (Å²) in [4.78, 5) is 11.4. The molecule has 1 saturated carbocycles. The first kappa shape index (κ1) is 13.1. The molecule has 1 aromatic heterocycles. The van der Waals surface area contributed by atoms with Crippen LogP contribution in [0.5, 0.6) is 0 Å². The fraction of sp³-hybridized carbons (Fsp3) is 0.667. The lowest BCUT2D eigenvalue weighted by Crippen LogP contribution is -2.24. The second-order valence-electron chi connectivity index (χ2n) is 4.76. The van der Waals surface area contributed by atoms with Gasteiger partial charge in [0.05, 0.1) is 17.3 Å². The van der Waals surface area contributed by atoms with Crippen molar-refractivity contribution in [2.24, 2.45) is 0 Å². The first-order valence-electron chi connectivity index (χ1n) is 5.99. The lowest BCUT2D eigenvalue weighted by molar-refractivity contribution is -0.0886. The van der Waals surface area contributed by atoms with Crippen LogP contribution in [0.15, 0.2) is 0 Å². The Labute approximate surface area is 103 Å². The summed E-state index contributed by atoms with van der Waals surface area (Å²) >= 11 is 0. The van der Waals surface area contributed by atoms with E-state index < -0.39 is 12.0 Å². The zero-order chi connectivity index (χ0) is 13.5. The Kier molecular flexibility index (Phi) is 3.21. The predicted molar refractivity (Wildman–Crippen MR) is 59.6 cm³/mol. The summed E-state index contributed by atoms with van der Waals surface area (Å²) in [5.74, 6) is -1.79. The molecule has 1 fully saturated rings. The van der Waals surface area contributed by atoms with Gasteiger partial charge in [-0.05, 0) is 26.7 Å². The highest BCUT2D eigenvalue weighted by Gasteiger charge is 2.42. The molecule has 100 valence electrons. The summed E-state index contributed by atoms with van der Waals surface area (Å²) in [6.45, 7) is 2.99. The molecule has 2 rings (SSSR count). The monoisotopic (exact) mass is 260 g/mol. The topological polar surface area (TPSA) is 34.9 Å². The molecule has 1 aliphatic rings. The zero-order valence-corrected chi connectivity index (χ0v) is 10.3. The van der Waals surface area contributed by atoms with E-state index in [2.05, 4.69) is 5.10 Å². The number of hydrogen-bond acceptors (Lipinski definition) is 2. The number of aromatic nitrogens is 2. The molecule has 1 aliphatic carbocycles. The van der Waals surface area contributed by atoms with E-state index in [1.165, 1.54) is 13.8 Å². The van der Waals surface area contributed by atoms with Crippen LogP contribution in [0.3, 0.4) is 0 Å². The van der Waals surface area contributed by atoms with E-state index in [4.69, 9.17) is 0 Å². The van der Waals surface area contributed by atoms with Gasteiger partial charge in [-0.2, -0.15) is 18.3 Å². The molecule has 0 atom stereocenters. The Bertz CT molecular complexity index is 470. The Morgan fingerprint density at radius 2 is 1.83 bits per heavy atom. The Hall–Kier alpha value is -1.33. The van der Waals surface area contributed by atoms with Crippen LogP contribution >= 0.6 is 0 Å².